The van der Waals surface area contributed by atoms with Gasteiger partial charge in [0.15, 0.2) is 0 Å². The monoisotopic (exact) mass is 217 g/mol. The van der Waals surface area contributed by atoms with Gasteiger partial charge < -0.3 is 5.73 Å². The first kappa shape index (κ1) is 8.06. The lowest BCUT2D eigenvalue weighted by molar-refractivity contribution is -0.127. The molecule has 0 spiro atoms. The Morgan fingerprint density at radius 2 is 2.36 bits per heavy atom. The second kappa shape index (κ2) is 2.91. The fourth-order valence-corrected chi connectivity index (χ4v) is 0.892. The molecule has 0 aliphatic carbocycles. The SMILES string of the molecule is NC(=O)C1N=C(Br)C=NC1=O. The van der Waals surface area contributed by atoms with Crippen molar-refractivity contribution in [1.82, 2.24) is 0 Å². The number of nitrogens with two attached hydrogens (primary N) is 1. The third-order valence-electron chi connectivity index (χ3n) is 1.05. The molecule has 0 aromatic carbocycles. The minimum atomic E-state index is -1.16. The van der Waals surface area contributed by atoms with Gasteiger partial charge in [-0.15, -0.1) is 0 Å². The highest BCUT2D eigenvalue weighted by Gasteiger charge is 2.25. The number of carbonyl (C=O) groups excluding carboxylic acids is 2. The van der Waals surface area contributed by atoms with Crippen molar-refractivity contribution in [2.45, 2.75) is 6.04 Å². The van der Waals surface area contributed by atoms with Crippen LogP contribution in [-0.4, -0.2) is 28.7 Å². The Kier molecular flexibility index (Phi) is 2.13. The molecule has 2 N–H and O–H groups in total. The molecule has 1 atom stereocenters. The van der Waals surface area contributed by atoms with Crippen molar-refractivity contribution in [2.75, 3.05) is 0 Å². The van der Waals surface area contributed by atoms with Crippen LogP contribution < -0.4 is 5.73 Å². The molecular formula is C5H4BrN3O2. The summed E-state index contributed by atoms with van der Waals surface area (Å²) in [4.78, 5) is 28.3. The van der Waals surface area contributed by atoms with Gasteiger partial charge in [0.25, 0.3) is 11.8 Å². The summed E-state index contributed by atoms with van der Waals surface area (Å²) in [5.41, 5.74) is 4.86. The average molecular weight is 218 g/mol. The molecule has 2 amide bonds. The molecular weight excluding hydrogens is 214 g/mol. The van der Waals surface area contributed by atoms with E-state index in [1.165, 1.54) is 6.21 Å². The zero-order valence-corrected chi connectivity index (χ0v) is 6.91. The summed E-state index contributed by atoms with van der Waals surface area (Å²) in [5.74, 6) is -1.41. The highest BCUT2D eigenvalue weighted by atomic mass is 79.9. The first-order valence-corrected chi connectivity index (χ1v) is 3.51. The number of hydrogen-bond acceptors (Lipinski definition) is 3. The van der Waals surface area contributed by atoms with E-state index < -0.39 is 17.9 Å². The third-order valence-corrected chi connectivity index (χ3v) is 1.46. The van der Waals surface area contributed by atoms with Gasteiger partial charge in [-0.05, 0) is 15.9 Å². The van der Waals surface area contributed by atoms with Gasteiger partial charge in [-0.3, -0.25) is 14.6 Å². The number of rotatable bonds is 1. The van der Waals surface area contributed by atoms with E-state index >= 15 is 0 Å². The second-order valence-corrected chi connectivity index (χ2v) is 2.67. The van der Waals surface area contributed by atoms with Crippen LogP contribution in [0.5, 0.6) is 0 Å². The molecule has 0 saturated heterocycles. The number of carbonyl (C=O) groups is 2. The Balaban J connectivity index is 2.90. The van der Waals surface area contributed by atoms with Crippen molar-refractivity contribution in [3.05, 3.63) is 0 Å². The van der Waals surface area contributed by atoms with Crippen LogP contribution in [0.2, 0.25) is 0 Å². The number of hydrogen-bond donors (Lipinski definition) is 1. The lowest BCUT2D eigenvalue weighted by Gasteiger charge is -2.06. The predicted octanol–water partition coefficient (Wildman–Crippen LogP) is -0.755. The van der Waals surface area contributed by atoms with Crippen LogP contribution in [0.15, 0.2) is 9.98 Å². The summed E-state index contributed by atoms with van der Waals surface area (Å²) < 4.78 is 0.348. The van der Waals surface area contributed by atoms with Crippen LogP contribution in [0.25, 0.3) is 0 Å². The maximum absolute atomic E-state index is 10.8. The Hall–Kier alpha value is -1.04. The molecule has 0 fully saturated rings. The minimum Gasteiger partial charge on any atom is -0.367 e. The van der Waals surface area contributed by atoms with E-state index in [0.29, 0.717) is 4.62 Å². The predicted molar refractivity (Wildman–Crippen MR) is 42.8 cm³/mol. The summed E-state index contributed by atoms with van der Waals surface area (Å²) in [6, 6.07) is -1.16. The summed E-state index contributed by atoms with van der Waals surface area (Å²) in [7, 11) is 0. The van der Waals surface area contributed by atoms with Gasteiger partial charge in [-0.1, -0.05) is 0 Å². The molecule has 58 valence electrons. The molecule has 1 aliphatic rings. The fourth-order valence-electron chi connectivity index (χ4n) is 0.585. The molecule has 0 radical (unpaired) electrons. The van der Waals surface area contributed by atoms with Crippen LogP contribution in [0.4, 0.5) is 0 Å². The van der Waals surface area contributed by atoms with Gasteiger partial charge in [-0.2, -0.15) is 0 Å². The minimum absolute atomic E-state index is 0.348. The molecule has 1 rings (SSSR count). The molecule has 6 heteroatoms. The maximum atomic E-state index is 10.8. The van der Waals surface area contributed by atoms with Crippen molar-refractivity contribution in [2.24, 2.45) is 15.7 Å². The number of aliphatic imine (C=N–C) groups is 2. The van der Waals surface area contributed by atoms with E-state index in [1.54, 1.807) is 0 Å². The Labute approximate surface area is 70.5 Å². The lowest BCUT2D eigenvalue weighted by atomic mass is 10.2. The lowest BCUT2D eigenvalue weighted by Crippen LogP contribution is -2.35. The number of halogens is 1. The smallest absolute Gasteiger partial charge is 0.280 e. The van der Waals surface area contributed by atoms with Gasteiger partial charge in [0, 0.05) is 0 Å². The van der Waals surface area contributed by atoms with Gasteiger partial charge in [0.05, 0.1) is 6.21 Å². The van der Waals surface area contributed by atoms with Crippen molar-refractivity contribution in [3.63, 3.8) is 0 Å². The van der Waals surface area contributed by atoms with E-state index in [-0.39, 0.29) is 0 Å². The summed E-state index contributed by atoms with van der Waals surface area (Å²) >= 11 is 2.97. The van der Waals surface area contributed by atoms with Gasteiger partial charge in [0.2, 0.25) is 6.04 Å². The fraction of sp³-hybridized carbons (Fsp3) is 0.200. The van der Waals surface area contributed by atoms with Crippen LogP contribution in [0.1, 0.15) is 0 Å². The van der Waals surface area contributed by atoms with E-state index in [9.17, 15) is 9.59 Å². The zero-order chi connectivity index (χ0) is 8.43. The van der Waals surface area contributed by atoms with Crippen molar-refractivity contribution in [1.29, 1.82) is 0 Å². The van der Waals surface area contributed by atoms with E-state index in [1.807, 2.05) is 0 Å². The summed E-state index contributed by atoms with van der Waals surface area (Å²) in [6.45, 7) is 0. The molecule has 1 unspecified atom stereocenters. The normalized spacial score (nSPS) is 23.2. The van der Waals surface area contributed by atoms with E-state index in [0.717, 1.165) is 0 Å². The number of amides is 2. The maximum Gasteiger partial charge on any atom is 0.280 e. The van der Waals surface area contributed by atoms with Gasteiger partial charge in [-0.25, -0.2) is 4.99 Å². The molecule has 0 bridgehead atoms. The van der Waals surface area contributed by atoms with Crippen molar-refractivity contribution in [3.8, 4) is 0 Å². The van der Waals surface area contributed by atoms with Gasteiger partial charge in [0.1, 0.15) is 4.62 Å². The molecule has 11 heavy (non-hydrogen) atoms. The van der Waals surface area contributed by atoms with E-state index in [4.69, 9.17) is 5.73 Å². The summed E-state index contributed by atoms with van der Waals surface area (Å²) in [5, 5.41) is 0. The van der Waals surface area contributed by atoms with Crippen molar-refractivity contribution >= 4 is 38.6 Å². The van der Waals surface area contributed by atoms with Crippen LogP contribution in [0.3, 0.4) is 0 Å². The molecule has 0 aromatic heterocycles. The van der Waals surface area contributed by atoms with Gasteiger partial charge >= 0.3 is 0 Å². The molecule has 5 nitrogen and oxygen atoms in total. The zero-order valence-electron chi connectivity index (χ0n) is 5.32. The number of nitrogens with zero attached hydrogens (tertiary/aromatic N) is 2. The van der Waals surface area contributed by atoms with Crippen LogP contribution in [0, 0.1) is 0 Å². The highest BCUT2D eigenvalue weighted by molar-refractivity contribution is 9.19. The standard InChI is InChI=1S/C5H4BrN3O2/c6-2-1-8-5(11)3(9-2)4(7)10/h1,3H,(H2,7,10). The Morgan fingerprint density at radius 1 is 1.73 bits per heavy atom. The molecule has 0 saturated carbocycles. The third kappa shape index (κ3) is 1.70. The second-order valence-electron chi connectivity index (χ2n) is 1.85. The number of primary amides is 1. The molecule has 1 aliphatic heterocycles. The summed E-state index contributed by atoms with van der Waals surface area (Å²) in [6.07, 6.45) is 1.22. The quantitative estimate of drug-likeness (QED) is 0.587. The molecule has 1 heterocycles. The van der Waals surface area contributed by atoms with Crippen LogP contribution in [-0.2, 0) is 9.59 Å². The highest BCUT2D eigenvalue weighted by Crippen LogP contribution is 2.02. The van der Waals surface area contributed by atoms with Crippen LogP contribution >= 0.6 is 15.9 Å². The Bertz CT molecular complexity index is 271. The topological polar surface area (TPSA) is 84.9 Å². The Morgan fingerprint density at radius 3 is 2.82 bits per heavy atom. The first-order valence-electron chi connectivity index (χ1n) is 2.72. The largest absolute Gasteiger partial charge is 0.367 e. The van der Waals surface area contributed by atoms with E-state index in [2.05, 4.69) is 25.9 Å². The average Bonchev–Trinajstić information content (AvgIpc) is 1.94. The molecule has 0 aromatic rings. The van der Waals surface area contributed by atoms with Crippen molar-refractivity contribution < 1.29 is 9.59 Å². The first-order chi connectivity index (χ1) is 5.11.